The predicted octanol–water partition coefficient (Wildman–Crippen LogP) is 8.89. The van der Waals surface area contributed by atoms with Crippen LogP contribution in [0, 0.1) is 0 Å². The molecule has 4 rings (SSSR count). The Morgan fingerprint density at radius 1 is 0.846 bits per heavy atom. The first-order valence-corrected chi connectivity index (χ1v) is 16.1. The zero-order valence-electron chi connectivity index (χ0n) is 13.2. The van der Waals surface area contributed by atoms with Crippen molar-refractivity contribution >= 4 is 64.4 Å². The van der Waals surface area contributed by atoms with Gasteiger partial charge < -0.3 is 4.52 Å². The number of fused-ring (bicyclic) bond motifs is 1. The van der Waals surface area contributed by atoms with E-state index in [1.54, 1.807) is 0 Å². The smallest absolute Gasteiger partial charge is 0.334 e. The molecule has 0 aliphatic carbocycles. The summed E-state index contributed by atoms with van der Waals surface area (Å²) in [7, 11) is -2.97. The molecule has 2 aliphatic rings. The molecule has 12 heteroatoms. The van der Waals surface area contributed by atoms with E-state index in [9.17, 15) is 0 Å². The summed E-state index contributed by atoms with van der Waals surface area (Å²) in [5.74, 6) is -5.46. The highest BCUT2D eigenvalue weighted by Gasteiger charge is 2.43. The van der Waals surface area contributed by atoms with Crippen molar-refractivity contribution in [3.8, 4) is 5.75 Å². The van der Waals surface area contributed by atoms with Crippen molar-refractivity contribution in [2.75, 3.05) is 0 Å². The maximum absolute atomic E-state index is 6.34. The summed E-state index contributed by atoms with van der Waals surface area (Å²) in [5.41, 5.74) is 2.12. The molecule has 2 aromatic carbocycles. The van der Waals surface area contributed by atoms with E-state index in [1.807, 2.05) is 59.3 Å². The molecule has 1 spiro atoms. The van der Waals surface area contributed by atoms with Crippen molar-refractivity contribution in [3.05, 3.63) is 65.7 Å². The molecule has 138 valence electrons. The minimum absolute atomic E-state index is 0.553. The van der Waals surface area contributed by atoms with Gasteiger partial charge in [0.05, 0.1) is 0 Å². The lowest BCUT2D eigenvalue weighted by atomic mass is 10.2. The minimum Gasteiger partial charge on any atom is -0.430 e. The second kappa shape index (κ2) is 7.14. The molecular weight excluding hydrogens is 475 g/mol. The van der Waals surface area contributed by atoms with Crippen molar-refractivity contribution in [2.24, 2.45) is 13.5 Å². The molecule has 0 amide bonds. The monoisotopic (exact) mass is 486 g/mol. The van der Waals surface area contributed by atoms with Crippen LogP contribution in [0.15, 0.2) is 68.1 Å². The van der Waals surface area contributed by atoms with E-state index in [-0.39, 0.29) is 0 Å². The van der Waals surface area contributed by atoms with Crippen LogP contribution in [-0.2, 0) is 13.1 Å². The van der Waals surface area contributed by atoms with Crippen molar-refractivity contribution in [2.45, 2.75) is 13.1 Å². The zero-order chi connectivity index (χ0) is 18.4. The van der Waals surface area contributed by atoms with E-state index in [4.69, 9.17) is 49.5 Å². The quantitative estimate of drug-likeness (QED) is 0.397. The van der Waals surface area contributed by atoms with Crippen LogP contribution in [0.2, 0.25) is 0 Å². The Bertz CT molecular complexity index is 1010. The Morgan fingerprint density at radius 2 is 1.50 bits per heavy atom. The molecule has 0 radical (unpaired) electrons. The molecule has 5 nitrogen and oxygen atoms in total. The summed E-state index contributed by atoms with van der Waals surface area (Å²) in [6, 6.07) is 17.7. The third kappa shape index (κ3) is 4.07. The SMILES string of the molecule is ClP1(Cl)=NP(Cl)(Cl)=NP2(=N1)Oc1ccccc1CN2Cc1ccccc1. The first kappa shape index (κ1) is 19.4. The van der Waals surface area contributed by atoms with Crippen LogP contribution in [-0.4, -0.2) is 4.67 Å². The van der Waals surface area contributed by atoms with Crippen LogP contribution in [0.1, 0.15) is 11.1 Å². The largest absolute Gasteiger partial charge is 0.430 e. The molecule has 2 heterocycles. The molecule has 26 heavy (non-hydrogen) atoms. The van der Waals surface area contributed by atoms with Crippen molar-refractivity contribution in [3.63, 3.8) is 0 Å². The summed E-state index contributed by atoms with van der Waals surface area (Å²) in [6.45, 7) is 1.13. The Kier molecular flexibility index (Phi) is 5.32. The van der Waals surface area contributed by atoms with Gasteiger partial charge in [-0.2, -0.15) is 13.5 Å². The number of rotatable bonds is 2. The van der Waals surface area contributed by atoms with Crippen LogP contribution in [0.5, 0.6) is 5.75 Å². The first-order chi connectivity index (χ1) is 12.3. The lowest BCUT2D eigenvalue weighted by Crippen LogP contribution is -2.26. The number of para-hydroxylation sites is 1. The Balaban J connectivity index is 1.89. The maximum Gasteiger partial charge on any atom is 0.334 e. The Labute approximate surface area is 171 Å². The highest BCUT2D eigenvalue weighted by atomic mass is 35.9. The Hall–Kier alpha value is 0.0500. The van der Waals surface area contributed by atoms with Crippen molar-refractivity contribution < 1.29 is 4.52 Å². The molecule has 2 aromatic rings. The molecular formula is C14H13Cl4N4OP3. The van der Waals surface area contributed by atoms with Crippen LogP contribution in [0.25, 0.3) is 0 Å². The lowest BCUT2D eigenvalue weighted by molar-refractivity contribution is 0.362. The molecule has 1 unspecified atom stereocenters. The van der Waals surface area contributed by atoms with Gasteiger partial charge in [0.25, 0.3) is 11.8 Å². The molecule has 0 N–H and O–H groups in total. The van der Waals surface area contributed by atoms with Gasteiger partial charge in [0, 0.05) is 18.7 Å². The summed E-state index contributed by atoms with van der Waals surface area (Å²) in [6.07, 6.45) is 0. The van der Waals surface area contributed by atoms with E-state index < -0.39 is 19.4 Å². The maximum atomic E-state index is 6.34. The van der Waals surface area contributed by atoms with Crippen LogP contribution >= 0.6 is 64.4 Å². The molecule has 1 atom stereocenters. The third-order valence-corrected chi connectivity index (χ3v) is 15.4. The molecule has 0 saturated heterocycles. The number of halogens is 4. The minimum atomic E-state index is -3.08. The van der Waals surface area contributed by atoms with Crippen LogP contribution in [0.3, 0.4) is 0 Å². The van der Waals surface area contributed by atoms with Crippen molar-refractivity contribution in [1.82, 2.24) is 4.67 Å². The van der Waals surface area contributed by atoms with E-state index in [0.29, 0.717) is 18.8 Å². The topological polar surface area (TPSA) is 49.6 Å². The Morgan fingerprint density at radius 3 is 2.23 bits per heavy atom. The van der Waals surface area contributed by atoms with Gasteiger partial charge in [-0.15, -0.1) is 0 Å². The summed E-state index contributed by atoms with van der Waals surface area (Å²) in [4.78, 5) is 0. The first-order valence-electron chi connectivity index (χ1n) is 7.54. The number of benzene rings is 2. The second-order valence-electron chi connectivity index (χ2n) is 5.70. The summed E-state index contributed by atoms with van der Waals surface area (Å²) < 4.78 is 21.5. The van der Waals surface area contributed by atoms with Crippen LogP contribution < -0.4 is 4.52 Å². The highest BCUT2D eigenvalue weighted by Crippen LogP contribution is 2.86. The van der Waals surface area contributed by atoms with Gasteiger partial charge in [-0.25, -0.2) is 4.67 Å². The van der Waals surface area contributed by atoms with Gasteiger partial charge in [-0.1, -0.05) is 48.5 Å². The van der Waals surface area contributed by atoms with Crippen LogP contribution in [0.4, 0.5) is 0 Å². The van der Waals surface area contributed by atoms with Gasteiger partial charge in [0.2, 0.25) is 0 Å². The van der Waals surface area contributed by atoms with Crippen molar-refractivity contribution in [1.29, 1.82) is 0 Å². The predicted molar refractivity (Wildman–Crippen MR) is 114 cm³/mol. The van der Waals surface area contributed by atoms with E-state index in [2.05, 4.69) is 13.5 Å². The number of nitrogens with zero attached hydrogens (tertiary/aromatic N) is 4. The fourth-order valence-electron chi connectivity index (χ4n) is 2.76. The molecule has 0 fully saturated rings. The fraction of sp³-hybridized carbons (Fsp3) is 0.143. The van der Waals surface area contributed by atoms with Gasteiger partial charge >= 0.3 is 7.58 Å². The van der Waals surface area contributed by atoms with Gasteiger partial charge in [0.1, 0.15) is 5.75 Å². The summed E-state index contributed by atoms with van der Waals surface area (Å²) >= 11 is 25.4. The molecule has 0 aromatic heterocycles. The summed E-state index contributed by atoms with van der Waals surface area (Å²) in [5, 5.41) is 0. The second-order valence-corrected chi connectivity index (χ2v) is 18.1. The van der Waals surface area contributed by atoms with E-state index in [1.165, 1.54) is 0 Å². The average molecular weight is 488 g/mol. The molecule has 2 aliphatic heterocycles. The van der Waals surface area contributed by atoms with Gasteiger partial charge in [0.15, 0.2) is 0 Å². The van der Waals surface area contributed by atoms with Gasteiger partial charge in [-0.3, -0.25) is 0 Å². The van der Waals surface area contributed by atoms with Gasteiger partial charge in [-0.05, 0) is 56.6 Å². The normalized spacial score (nSPS) is 26.0. The van der Waals surface area contributed by atoms with E-state index in [0.717, 1.165) is 11.1 Å². The lowest BCUT2D eigenvalue weighted by Gasteiger charge is -2.39. The third-order valence-electron chi connectivity index (χ3n) is 3.79. The molecule has 0 saturated carbocycles. The van der Waals surface area contributed by atoms with E-state index >= 15 is 0 Å². The highest BCUT2D eigenvalue weighted by molar-refractivity contribution is 8.20. The zero-order valence-corrected chi connectivity index (χ0v) is 18.9. The fourth-order valence-corrected chi connectivity index (χ4v) is 17.8. The molecule has 0 bridgehead atoms. The standard InChI is InChI=1S/C14H13Cl4N4OP3/c15-24(16)19-25(17,18)21-26(20-24)22(10-12-6-2-1-3-7-12)11-13-8-4-5-9-14(13)23-26/h1-9H,10-11H2. The average Bonchev–Trinajstić information content (AvgIpc) is 2.53. The number of hydrogen-bond acceptors (Lipinski definition) is 5. The number of hydrogen-bond donors (Lipinski definition) is 0.